The van der Waals surface area contributed by atoms with Crippen molar-refractivity contribution in [3.8, 4) is 17.2 Å². The number of methoxy groups -OCH3 is 2. The Morgan fingerprint density at radius 1 is 1.00 bits per heavy atom. The van der Waals surface area contributed by atoms with Crippen molar-refractivity contribution in [1.29, 1.82) is 0 Å². The Morgan fingerprint density at radius 3 is 2.47 bits per heavy atom. The zero-order valence-corrected chi connectivity index (χ0v) is 17.0. The fourth-order valence-corrected chi connectivity index (χ4v) is 4.85. The fourth-order valence-electron chi connectivity index (χ4n) is 4.85. The van der Waals surface area contributed by atoms with E-state index in [1.54, 1.807) is 12.1 Å². The van der Waals surface area contributed by atoms with E-state index in [1.165, 1.54) is 30.6 Å². The molecule has 3 aromatic rings. The van der Waals surface area contributed by atoms with Crippen molar-refractivity contribution in [1.82, 2.24) is 0 Å². The third-order valence-electron chi connectivity index (χ3n) is 6.22. The van der Waals surface area contributed by atoms with Crippen LogP contribution in [0.5, 0.6) is 17.2 Å². The lowest BCUT2D eigenvalue weighted by Gasteiger charge is -2.32. The van der Waals surface area contributed by atoms with Gasteiger partial charge in [-0.05, 0) is 53.1 Å². The Kier molecular flexibility index (Phi) is 4.48. The lowest BCUT2D eigenvalue weighted by Crippen LogP contribution is -2.81. The van der Waals surface area contributed by atoms with Crippen molar-refractivity contribution < 1.29 is 24.7 Å². The van der Waals surface area contributed by atoms with Crippen LogP contribution >= 0.6 is 0 Å². The van der Waals surface area contributed by atoms with Gasteiger partial charge in [-0.2, -0.15) is 0 Å². The maximum Gasteiger partial charge on any atom is 0.165 e. The molecule has 0 bridgehead atoms. The highest BCUT2D eigenvalue weighted by molar-refractivity contribution is 6.10. The number of Topliss-reactive ketones (excluding diaryl/α,β-unsaturated/α-hetero) is 1. The SMILES string of the molecule is COc1cc(C2[NH2+]c3ccc4ccccc4c3C3=C2C(=O)CCC3)cc(OC)c1[O-]. The van der Waals surface area contributed by atoms with Gasteiger partial charge in [-0.3, -0.25) is 4.79 Å². The van der Waals surface area contributed by atoms with Crippen LogP contribution in [0.3, 0.4) is 0 Å². The van der Waals surface area contributed by atoms with Gasteiger partial charge in [0.2, 0.25) is 0 Å². The quantitative estimate of drug-likeness (QED) is 0.683. The number of ether oxygens (including phenoxy) is 2. The van der Waals surface area contributed by atoms with Gasteiger partial charge >= 0.3 is 0 Å². The summed E-state index contributed by atoms with van der Waals surface area (Å²) >= 11 is 0. The molecule has 0 radical (unpaired) electrons. The zero-order valence-electron chi connectivity index (χ0n) is 17.0. The second-order valence-corrected chi connectivity index (χ2v) is 7.82. The molecule has 30 heavy (non-hydrogen) atoms. The Bertz CT molecular complexity index is 1190. The summed E-state index contributed by atoms with van der Waals surface area (Å²) < 4.78 is 10.6. The fraction of sp³-hybridized carbons (Fsp3) is 0.240. The first-order chi connectivity index (χ1) is 14.6. The second kappa shape index (κ2) is 7.18. The topological polar surface area (TPSA) is 75.2 Å². The highest BCUT2D eigenvalue weighted by Crippen LogP contribution is 2.45. The average Bonchev–Trinajstić information content (AvgIpc) is 2.78. The molecule has 2 N–H and O–H groups in total. The molecular formula is C25H23NO4. The van der Waals surface area contributed by atoms with Crippen LogP contribution in [0.4, 0.5) is 5.69 Å². The van der Waals surface area contributed by atoms with Crippen molar-refractivity contribution in [3.05, 3.63) is 65.2 Å². The molecule has 3 aromatic carbocycles. The van der Waals surface area contributed by atoms with Crippen molar-refractivity contribution in [3.63, 3.8) is 0 Å². The predicted molar refractivity (Wildman–Crippen MR) is 113 cm³/mol. The Hall–Kier alpha value is -3.31. The number of rotatable bonds is 3. The normalized spacial score (nSPS) is 18.2. The number of quaternary nitrogens is 1. The summed E-state index contributed by atoms with van der Waals surface area (Å²) in [7, 11) is 2.95. The maximum absolute atomic E-state index is 13.1. The van der Waals surface area contributed by atoms with Gasteiger partial charge in [0.05, 0.1) is 19.8 Å². The number of carbonyl (C=O) groups is 1. The molecule has 152 valence electrons. The number of hydrogen-bond acceptors (Lipinski definition) is 4. The van der Waals surface area contributed by atoms with Gasteiger partial charge in [0.1, 0.15) is 23.2 Å². The minimum Gasteiger partial charge on any atom is -0.867 e. The van der Waals surface area contributed by atoms with Gasteiger partial charge in [-0.25, -0.2) is 0 Å². The molecule has 1 unspecified atom stereocenters. The van der Waals surface area contributed by atoms with Crippen molar-refractivity contribution in [2.75, 3.05) is 14.2 Å². The summed E-state index contributed by atoms with van der Waals surface area (Å²) in [6.07, 6.45) is 2.29. The van der Waals surface area contributed by atoms with Gasteiger partial charge in [0.15, 0.2) is 5.78 Å². The molecule has 0 spiro atoms. The zero-order chi connectivity index (χ0) is 20.8. The largest absolute Gasteiger partial charge is 0.867 e. The van der Waals surface area contributed by atoms with E-state index in [0.717, 1.165) is 35.2 Å². The summed E-state index contributed by atoms with van der Waals surface area (Å²) in [6.45, 7) is 0. The van der Waals surface area contributed by atoms with E-state index in [4.69, 9.17) is 9.47 Å². The van der Waals surface area contributed by atoms with Crippen LogP contribution < -0.4 is 19.9 Å². The molecule has 1 aliphatic carbocycles. The van der Waals surface area contributed by atoms with E-state index in [2.05, 4.69) is 29.6 Å². The van der Waals surface area contributed by atoms with E-state index in [0.29, 0.717) is 6.42 Å². The second-order valence-electron chi connectivity index (χ2n) is 7.82. The van der Waals surface area contributed by atoms with Crippen LogP contribution in [-0.4, -0.2) is 20.0 Å². The number of hydrogen-bond donors (Lipinski definition) is 1. The highest BCUT2D eigenvalue weighted by Gasteiger charge is 2.38. The number of ketones is 1. The molecule has 5 heteroatoms. The highest BCUT2D eigenvalue weighted by atomic mass is 16.5. The molecule has 0 amide bonds. The average molecular weight is 401 g/mol. The summed E-state index contributed by atoms with van der Waals surface area (Å²) in [4.78, 5) is 13.1. The van der Waals surface area contributed by atoms with Crippen molar-refractivity contribution in [2.24, 2.45) is 0 Å². The van der Waals surface area contributed by atoms with Crippen molar-refractivity contribution in [2.45, 2.75) is 25.3 Å². The third-order valence-corrected chi connectivity index (χ3v) is 6.22. The Balaban J connectivity index is 1.76. The standard InChI is InChI=1S/C25H23NO4/c1-29-20-12-15(13-21(30-2)25(20)28)24-23-17(8-5-9-19(23)27)22-16-7-4-3-6-14(16)10-11-18(22)26-24/h3-4,6-7,10-13,24,26,28H,5,8-9H2,1-2H3. The number of fused-ring (bicyclic) bond motifs is 4. The smallest absolute Gasteiger partial charge is 0.165 e. The summed E-state index contributed by atoms with van der Waals surface area (Å²) in [6, 6.07) is 15.8. The van der Waals surface area contributed by atoms with E-state index >= 15 is 0 Å². The van der Waals surface area contributed by atoms with E-state index < -0.39 is 0 Å². The number of allylic oxidation sites excluding steroid dienone is 1. The number of nitrogens with two attached hydrogens (primary N) is 1. The molecule has 0 aromatic heterocycles. The monoisotopic (exact) mass is 401 g/mol. The molecule has 5 nitrogen and oxygen atoms in total. The van der Waals surface area contributed by atoms with Gasteiger partial charge in [-0.1, -0.05) is 24.3 Å². The minimum absolute atomic E-state index is 0.181. The van der Waals surface area contributed by atoms with E-state index in [1.807, 2.05) is 12.1 Å². The molecule has 1 atom stereocenters. The Morgan fingerprint density at radius 2 is 1.73 bits per heavy atom. The van der Waals surface area contributed by atoms with Crippen molar-refractivity contribution >= 4 is 27.8 Å². The molecule has 0 fully saturated rings. The molecule has 2 aliphatic rings. The molecule has 1 heterocycles. The third kappa shape index (κ3) is 2.77. The lowest BCUT2D eigenvalue weighted by atomic mass is 9.76. The molecular weight excluding hydrogens is 378 g/mol. The predicted octanol–water partition coefficient (Wildman–Crippen LogP) is 3.39. The van der Waals surface area contributed by atoms with Crippen LogP contribution in [0.15, 0.2) is 54.1 Å². The number of benzene rings is 3. The van der Waals surface area contributed by atoms with Crippen LogP contribution in [-0.2, 0) is 4.79 Å². The molecule has 5 rings (SSSR count). The molecule has 0 saturated heterocycles. The van der Waals surface area contributed by atoms with E-state index in [-0.39, 0.29) is 29.1 Å². The van der Waals surface area contributed by atoms with E-state index in [9.17, 15) is 9.90 Å². The summed E-state index contributed by atoms with van der Waals surface area (Å²) in [5.41, 5.74) is 5.11. The number of carbonyl (C=O) groups excluding carboxylic acids is 1. The van der Waals surface area contributed by atoms with Crippen LogP contribution in [0.1, 0.15) is 36.4 Å². The lowest BCUT2D eigenvalue weighted by molar-refractivity contribution is -0.608. The minimum atomic E-state index is -0.282. The van der Waals surface area contributed by atoms with Crippen LogP contribution in [0.25, 0.3) is 16.3 Å². The first-order valence-electron chi connectivity index (χ1n) is 10.2. The first-order valence-corrected chi connectivity index (χ1v) is 10.2. The van der Waals surface area contributed by atoms with Crippen LogP contribution in [0, 0.1) is 0 Å². The molecule has 0 saturated carbocycles. The van der Waals surface area contributed by atoms with Gasteiger partial charge in [-0.15, -0.1) is 0 Å². The first kappa shape index (κ1) is 18.7. The van der Waals surface area contributed by atoms with Crippen LogP contribution in [0.2, 0.25) is 0 Å². The summed E-state index contributed by atoms with van der Waals surface area (Å²) in [5.74, 6) is 0.357. The van der Waals surface area contributed by atoms with Gasteiger partial charge < -0.3 is 19.9 Å². The molecule has 1 aliphatic heterocycles. The van der Waals surface area contributed by atoms with Gasteiger partial charge in [0.25, 0.3) is 0 Å². The maximum atomic E-state index is 13.1. The summed E-state index contributed by atoms with van der Waals surface area (Å²) in [5, 5.41) is 16.9. The van der Waals surface area contributed by atoms with Gasteiger partial charge in [0, 0.05) is 23.6 Å². The Labute approximate surface area is 174 Å².